The van der Waals surface area contributed by atoms with Crippen LogP contribution in [0.4, 0.5) is 8.78 Å². The molecule has 1 saturated heterocycles. The Bertz CT molecular complexity index is 954. The van der Waals surface area contributed by atoms with E-state index < -0.39 is 17.2 Å². The molecule has 1 amide bonds. The van der Waals surface area contributed by atoms with Gasteiger partial charge in [0.05, 0.1) is 22.5 Å². The second-order valence-electron chi connectivity index (χ2n) is 8.45. The Morgan fingerprint density at radius 2 is 1.93 bits per heavy atom. The largest absolute Gasteiger partial charge is 0.331 e. The molecule has 6 heteroatoms. The van der Waals surface area contributed by atoms with Gasteiger partial charge in [0.2, 0.25) is 5.91 Å². The van der Waals surface area contributed by atoms with Gasteiger partial charge in [-0.2, -0.15) is 5.10 Å². The Kier molecular flexibility index (Phi) is 3.31. The van der Waals surface area contributed by atoms with E-state index in [-0.39, 0.29) is 28.5 Å². The Morgan fingerprint density at radius 1 is 1.19 bits per heavy atom. The highest BCUT2D eigenvalue weighted by molar-refractivity contribution is 5.80. The first-order valence-electron chi connectivity index (χ1n) is 9.51. The normalized spacial score (nSPS) is 28.1. The highest BCUT2D eigenvalue weighted by Gasteiger charge is 2.67. The predicted molar refractivity (Wildman–Crippen MR) is 95.8 cm³/mol. The average molecular weight is 369 g/mol. The van der Waals surface area contributed by atoms with Gasteiger partial charge in [-0.1, -0.05) is 19.9 Å². The fourth-order valence-corrected chi connectivity index (χ4v) is 5.81. The molecule has 2 fully saturated rings. The van der Waals surface area contributed by atoms with Crippen molar-refractivity contribution in [3.05, 3.63) is 47.2 Å². The fourth-order valence-electron chi connectivity index (χ4n) is 5.81. The average Bonchev–Trinajstić information content (AvgIpc) is 3.22. The molecule has 1 aliphatic heterocycles. The molecule has 1 saturated carbocycles. The molecule has 2 aliphatic carbocycles. The number of carbonyl (C=O) groups is 1. The molecule has 0 spiro atoms. The Balaban J connectivity index is 1.70. The van der Waals surface area contributed by atoms with E-state index in [4.69, 9.17) is 0 Å². The van der Waals surface area contributed by atoms with E-state index in [1.165, 1.54) is 18.2 Å². The van der Waals surface area contributed by atoms with Gasteiger partial charge in [0, 0.05) is 18.4 Å². The zero-order valence-corrected chi connectivity index (χ0v) is 15.4. The molecule has 2 aromatic rings. The first kappa shape index (κ1) is 16.8. The molecule has 2 atom stereocenters. The minimum atomic E-state index is -0.642. The molecule has 3 aliphatic rings. The molecule has 5 rings (SSSR count). The lowest BCUT2D eigenvalue weighted by Crippen LogP contribution is -2.52. The topological polar surface area (TPSA) is 46.1 Å². The van der Waals surface area contributed by atoms with Crippen molar-refractivity contribution in [1.29, 1.82) is 0 Å². The van der Waals surface area contributed by atoms with E-state index in [0.717, 1.165) is 37.1 Å². The summed E-state index contributed by atoms with van der Waals surface area (Å²) in [6, 6.07) is 5.59. The van der Waals surface area contributed by atoms with Crippen LogP contribution in [0.5, 0.6) is 0 Å². The van der Waals surface area contributed by atoms with Gasteiger partial charge in [0.25, 0.3) is 0 Å². The van der Waals surface area contributed by atoms with Crippen LogP contribution < -0.4 is 0 Å². The van der Waals surface area contributed by atoms with Crippen molar-refractivity contribution < 1.29 is 13.6 Å². The van der Waals surface area contributed by atoms with Crippen LogP contribution in [-0.4, -0.2) is 27.5 Å². The number of benzene rings is 1. The first-order chi connectivity index (χ1) is 12.9. The lowest BCUT2D eigenvalue weighted by atomic mass is 9.74. The maximum Gasteiger partial charge on any atom is 0.223 e. The van der Waals surface area contributed by atoms with Crippen LogP contribution in [0.2, 0.25) is 0 Å². The van der Waals surface area contributed by atoms with Gasteiger partial charge < -0.3 is 4.90 Å². The molecule has 140 valence electrons. The summed E-state index contributed by atoms with van der Waals surface area (Å²) in [5, 5.41) is 8.67. The summed E-state index contributed by atoms with van der Waals surface area (Å²) < 4.78 is 28.5. The van der Waals surface area contributed by atoms with Gasteiger partial charge in [-0.25, -0.2) is 8.78 Å². The smallest absolute Gasteiger partial charge is 0.223 e. The summed E-state index contributed by atoms with van der Waals surface area (Å²) in [6.07, 6.45) is 3.24. The quantitative estimate of drug-likeness (QED) is 0.799. The Morgan fingerprint density at radius 3 is 2.59 bits per heavy atom. The predicted octanol–water partition coefficient (Wildman–Crippen LogP) is 4.16. The molecule has 2 heterocycles. The summed E-state index contributed by atoms with van der Waals surface area (Å²) in [6.45, 7) is 5.10. The SMILES string of the molecule is CC1(C)[C@@H]2CC[C@@]1(N1CCCC1=O)c1nnc(-c3c(F)cccc3F)cc12. The highest BCUT2D eigenvalue weighted by Crippen LogP contribution is 2.69. The van der Waals surface area contributed by atoms with Crippen molar-refractivity contribution in [2.24, 2.45) is 5.41 Å². The van der Waals surface area contributed by atoms with Crippen molar-refractivity contribution >= 4 is 5.91 Å². The van der Waals surface area contributed by atoms with Gasteiger partial charge in [-0.3, -0.25) is 4.79 Å². The fraction of sp³-hybridized carbons (Fsp3) is 0.476. The van der Waals surface area contributed by atoms with Gasteiger partial charge in [0.1, 0.15) is 11.6 Å². The monoisotopic (exact) mass is 369 g/mol. The van der Waals surface area contributed by atoms with Crippen LogP contribution in [0, 0.1) is 17.0 Å². The summed E-state index contributed by atoms with van der Waals surface area (Å²) in [5.41, 5.74) is 1.24. The van der Waals surface area contributed by atoms with E-state index in [1.807, 2.05) is 4.90 Å². The summed E-state index contributed by atoms with van der Waals surface area (Å²) >= 11 is 0. The molecular weight excluding hydrogens is 348 g/mol. The molecule has 0 unspecified atom stereocenters. The summed E-state index contributed by atoms with van der Waals surface area (Å²) in [7, 11) is 0. The number of hydrogen-bond acceptors (Lipinski definition) is 3. The van der Waals surface area contributed by atoms with Crippen LogP contribution in [-0.2, 0) is 10.3 Å². The third kappa shape index (κ3) is 1.93. The number of nitrogens with zero attached hydrogens (tertiary/aromatic N) is 3. The number of amides is 1. The molecule has 1 aromatic heterocycles. The zero-order chi connectivity index (χ0) is 19.0. The van der Waals surface area contributed by atoms with E-state index in [0.29, 0.717) is 6.42 Å². The second-order valence-corrected chi connectivity index (χ2v) is 8.45. The Labute approximate surface area is 156 Å². The number of hydrogen-bond donors (Lipinski definition) is 0. The zero-order valence-electron chi connectivity index (χ0n) is 15.4. The van der Waals surface area contributed by atoms with Gasteiger partial charge in [-0.15, -0.1) is 5.10 Å². The number of fused-ring (bicyclic) bond motifs is 5. The van der Waals surface area contributed by atoms with E-state index in [9.17, 15) is 13.6 Å². The molecule has 27 heavy (non-hydrogen) atoms. The summed E-state index contributed by atoms with van der Waals surface area (Å²) in [5.74, 6) is -0.917. The minimum absolute atomic E-state index is 0.139. The third-order valence-electron chi connectivity index (χ3n) is 7.08. The number of rotatable bonds is 2. The lowest BCUT2D eigenvalue weighted by Gasteiger charge is -2.45. The third-order valence-corrected chi connectivity index (χ3v) is 7.08. The van der Waals surface area contributed by atoms with Crippen LogP contribution in [0.15, 0.2) is 24.3 Å². The van der Waals surface area contributed by atoms with Crippen LogP contribution in [0.25, 0.3) is 11.3 Å². The molecule has 0 radical (unpaired) electrons. The lowest BCUT2D eigenvalue weighted by molar-refractivity contribution is -0.137. The van der Waals surface area contributed by atoms with Crippen molar-refractivity contribution in [1.82, 2.24) is 15.1 Å². The van der Waals surface area contributed by atoms with E-state index in [1.54, 1.807) is 6.07 Å². The van der Waals surface area contributed by atoms with Crippen molar-refractivity contribution in [2.45, 2.75) is 51.0 Å². The molecule has 0 N–H and O–H groups in total. The van der Waals surface area contributed by atoms with Crippen LogP contribution in [0.3, 0.4) is 0 Å². The number of likely N-dealkylation sites (tertiary alicyclic amines) is 1. The van der Waals surface area contributed by atoms with E-state index >= 15 is 0 Å². The van der Waals surface area contributed by atoms with Crippen molar-refractivity contribution in [3.63, 3.8) is 0 Å². The maximum atomic E-state index is 14.2. The van der Waals surface area contributed by atoms with Crippen molar-refractivity contribution in [2.75, 3.05) is 6.54 Å². The number of halogens is 2. The molecule has 4 nitrogen and oxygen atoms in total. The molecular formula is C21H21F2N3O. The second kappa shape index (κ2) is 5.33. The van der Waals surface area contributed by atoms with Gasteiger partial charge >= 0.3 is 0 Å². The first-order valence-corrected chi connectivity index (χ1v) is 9.51. The van der Waals surface area contributed by atoms with Crippen molar-refractivity contribution in [3.8, 4) is 11.3 Å². The van der Waals surface area contributed by atoms with Crippen LogP contribution in [0.1, 0.15) is 56.7 Å². The van der Waals surface area contributed by atoms with Gasteiger partial charge in [0.15, 0.2) is 0 Å². The maximum absolute atomic E-state index is 14.2. The van der Waals surface area contributed by atoms with Gasteiger partial charge in [-0.05, 0) is 48.9 Å². The van der Waals surface area contributed by atoms with E-state index in [2.05, 4.69) is 24.0 Å². The number of aromatic nitrogens is 2. The standard InChI is InChI=1S/C21H21F2N3O/c1-20(2)13-8-9-21(20,26-10-4-7-17(26)27)19-12(13)11-16(24-25-19)18-14(22)5-3-6-15(18)23/h3,5-6,11,13H,4,7-10H2,1-2H3/t13-,21-/m1/s1. The molecule has 1 aromatic carbocycles. The minimum Gasteiger partial charge on any atom is -0.331 e. The number of carbonyl (C=O) groups excluding carboxylic acids is 1. The molecule has 2 bridgehead atoms. The summed E-state index contributed by atoms with van der Waals surface area (Å²) in [4.78, 5) is 14.6. The Hall–Kier alpha value is -2.37. The highest BCUT2D eigenvalue weighted by atomic mass is 19.1. The van der Waals surface area contributed by atoms with Crippen LogP contribution >= 0.6 is 0 Å².